The molecule has 1 aromatic rings. The third kappa shape index (κ3) is 3.46. The maximum atomic E-state index is 5.99. The van der Waals surface area contributed by atoms with Gasteiger partial charge in [-0.15, -0.1) is 0 Å². The Morgan fingerprint density at radius 3 is 2.88 bits per heavy atom. The summed E-state index contributed by atoms with van der Waals surface area (Å²) in [6.45, 7) is 5.68. The first-order chi connectivity index (χ1) is 8.08. The second-order valence-corrected chi connectivity index (χ2v) is 6.23. The first kappa shape index (κ1) is 12.9. The lowest BCUT2D eigenvalue weighted by molar-refractivity contribution is 0.167. The maximum Gasteiger partial charge on any atom is 0.0409 e. The Labute approximate surface area is 110 Å². The van der Waals surface area contributed by atoms with Gasteiger partial charge in [-0.1, -0.05) is 50.4 Å². The highest BCUT2D eigenvalue weighted by molar-refractivity contribution is 6.30. The molecule has 1 unspecified atom stereocenters. The molecule has 1 N–H and O–H groups in total. The van der Waals surface area contributed by atoms with E-state index in [9.17, 15) is 0 Å². The van der Waals surface area contributed by atoms with E-state index in [0.29, 0.717) is 11.5 Å². The van der Waals surface area contributed by atoms with Crippen LogP contribution in [0.1, 0.15) is 45.1 Å². The largest absolute Gasteiger partial charge is 0.309 e. The van der Waals surface area contributed by atoms with Gasteiger partial charge in [0.2, 0.25) is 0 Å². The van der Waals surface area contributed by atoms with Crippen molar-refractivity contribution >= 4 is 11.6 Å². The average Bonchev–Trinajstić information content (AvgIpc) is 2.27. The van der Waals surface area contributed by atoms with Crippen molar-refractivity contribution in [3.63, 3.8) is 0 Å². The molecule has 0 amide bonds. The number of rotatable bonds is 3. The summed E-state index contributed by atoms with van der Waals surface area (Å²) < 4.78 is 0. The zero-order valence-corrected chi connectivity index (χ0v) is 11.6. The molecular weight excluding hydrogens is 230 g/mol. The van der Waals surface area contributed by atoms with Crippen LogP contribution in [0, 0.1) is 5.41 Å². The van der Waals surface area contributed by atoms with E-state index in [1.807, 2.05) is 18.2 Å². The molecule has 1 atom stereocenters. The van der Waals surface area contributed by atoms with Gasteiger partial charge in [-0.05, 0) is 36.0 Å². The molecule has 2 rings (SSSR count). The third-order valence-corrected chi connectivity index (χ3v) is 4.18. The molecule has 17 heavy (non-hydrogen) atoms. The van der Waals surface area contributed by atoms with Gasteiger partial charge in [0.25, 0.3) is 0 Å². The molecule has 1 nitrogen and oxygen atoms in total. The first-order valence-corrected chi connectivity index (χ1v) is 6.93. The lowest BCUT2D eigenvalue weighted by Crippen LogP contribution is -2.43. The van der Waals surface area contributed by atoms with Crippen LogP contribution in [-0.4, -0.2) is 6.04 Å². The Morgan fingerprint density at radius 1 is 1.35 bits per heavy atom. The van der Waals surface area contributed by atoms with E-state index in [0.717, 1.165) is 11.6 Å². The summed E-state index contributed by atoms with van der Waals surface area (Å²) >= 11 is 5.99. The summed E-state index contributed by atoms with van der Waals surface area (Å²) in [5, 5.41) is 4.52. The fourth-order valence-corrected chi connectivity index (χ4v) is 2.97. The molecule has 1 aliphatic rings. The van der Waals surface area contributed by atoms with Crippen molar-refractivity contribution in [2.24, 2.45) is 5.41 Å². The van der Waals surface area contributed by atoms with E-state index in [1.54, 1.807) is 0 Å². The van der Waals surface area contributed by atoms with Crippen molar-refractivity contribution in [1.29, 1.82) is 0 Å². The van der Waals surface area contributed by atoms with E-state index in [2.05, 4.69) is 25.2 Å². The Hall–Kier alpha value is -0.530. The van der Waals surface area contributed by atoms with Crippen molar-refractivity contribution in [3.8, 4) is 0 Å². The number of hydrogen-bond acceptors (Lipinski definition) is 1. The summed E-state index contributed by atoms with van der Waals surface area (Å²) in [4.78, 5) is 0. The SMILES string of the molecule is CC1(C)CCCCC1NCc1cccc(Cl)c1. The highest BCUT2D eigenvalue weighted by atomic mass is 35.5. The molecule has 0 bridgehead atoms. The number of halogens is 1. The second-order valence-electron chi connectivity index (χ2n) is 5.80. The van der Waals surface area contributed by atoms with Crippen molar-refractivity contribution < 1.29 is 0 Å². The minimum atomic E-state index is 0.427. The second kappa shape index (κ2) is 5.41. The van der Waals surface area contributed by atoms with Gasteiger partial charge in [0.05, 0.1) is 0 Å². The van der Waals surface area contributed by atoms with E-state index in [4.69, 9.17) is 11.6 Å². The minimum absolute atomic E-state index is 0.427. The van der Waals surface area contributed by atoms with E-state index in [1.165, 1.54) is 31.2 Å². The summed E-state index contributed by atoms with van der Waals surface area (Å²) in [5.74, 6) is 0. The minimum Gasteiger partial charge on any atom is -0.309 e. The zero-order valence-electron chi connectivity index (χ0n) is 10.8. The summed E-state index contributed by atoms with van der Waals surface area (Å²) in [7, 11) is 0. The van der Waals surface area contributed by atoms with Crippen LogP contribution in [0.5, 0.6) is 0 Å². The highest BCUT2D eigenvalue weighted by Gasteiger charge is 2.31. The molecule has 0 radical (unpaired) electrons. The molecule has 1 aliphatic carbocycles. The predicted molar refractivity (Wildman–Crippen MR) is 74.3 cm³/mol. The molecule has 2 heteroatoms. The normalized spacial score (nSPS) is 23.6. The molecule has 94 valence electrons. The fraction of sp³-hybridized carbons (Fsp3) is 0.600. The number of nitrogens with one attached hydrogen (secondary N) is 1. The van der Waals surface area contributed by atoms with Gasteiger partial charge >= 0.3 is 0 Å². The first-order valence-electron chi connectivity index (χ1n) is 6.56. The lowest BCUT2D eigenvalue weighted by Gasteiger charge is -2.39. The van der Waals surface area contributed by atoms with E-state index < -0.39 is 0 Å². The molecule has 1 saturated carbocycles. The van der Waals surface area contributed by atoms with Gasteiger partial charge in [0.1, 0.15) is 0 Å². The van der Waals surface area contributed by atoms with Gasteiger partial charge in [-0.3, -0.25) is 0 Å². The lowest BCUT2D eigenvalue weighted by atomic mass is 9.73. The molecule has 0 aromatic heterocycles. The van der Waals surface area contributed by atoms with Gasteiger partial charge in [0.15, 0.2) is 0 Å². The Bertz CT molecular complexity index is 373. The van der Waals surface area contributed by atoms with Crippen LogP contribution in [0.15, 0.2) is 24.3 Å². The topological polar surface area (TPSA) is 12.0 Å². The molecular formula is C15H22ClN. The monoisotopic (exact) mass is 251 g/mol. The van der Waals surface area contributed by atoms with Crippen molar-refractivity contribution in [3.05, 3.63) is 34.9 Å². The maximum absolute atomic E-state index is 5.99. The standard InChI is InChI=1S/C15H22ClN/c1-15(2)9-4-3-8-14(15)17-11-12-6-5-7-13(16)10-12/h5-7,10,14,17H,3-4,8-9,11H2,1-2H3. The fourth-order valence-electron chi connectivity index (χ4n) is 2.76. The molecule has 0 heterocycles. The molecule has 0 spiro atoms. The Balaban J connectivity index is 1.93. The Morgan fingerprint density at radius 2 is 2.18 bits per heavy atom. The molecule has 1 fully saturated rings. The van der Waals surface area contributed by atoms with Crippen LogP contribution in [-0.2, 0) is 6.54 Å². The number of benzene rings is 1. The Kier molecular flexibility index (Phi) is 4.11. The van der Waals surface area contributed by atoms with Crippen LogP contribution >= 0.6 is 11.6 Å². The molecule has 0 saturated heterocycles. The summed E-state index contributed by atoms with van der Waals surface area (Å²) in [5.41, 5.74) is 1.70. The van der Waals surface area contributed by atoms with Crippen LogP contribution in [0.3, 0.4) is 0 Å². The van der Waals surface area contributed by atoms with Gasteiger partial charge < -0.3 is 5.32 Å². The van der Waals surface area contributed by atoms with Gasteiger partial charge in [-0.25, -0.2) is 0 Å². The van der Waals surface area contributed by atoms with Crippen molar-refractivity contribution in [2.75, 3.05) is 0 Å². The summed E-state index contributed by atoms with van der Waals surface area (Å²) in [6.07, 6.45) is 5.37. The molecule has 0 aliphatic heterocycles. The summed E-state index contributed by atoms with van der Waals surface area (Å²) in [6, 6.07) is 8.76. The average molecular weight is 252 g/mol. The molecule has 1 aromatic carbocycles. The highest BCUT2D eigenvalue weighted by Crippen LogP contribution is 2.35. The van der Waals surface area contributed by atoms with Gasteiger partial charge in [0, 0.05) is 17.6 Å². The van der Waals surface area contributed by atoms with Gasteiger partial charge in [-0.2, -0.15) is 0 Å². The third-order valence-electron chi connectivity index (χ3n) is 3.95. The van der Waals surface area contributed by atoms with Crippen molar-refractivity contribution in [1.82, 2.24) is 5.32 Å². The van der Waals surface area contributed by atoms with Crippen molar-refractivity contribution in [2.45, 2.75) is 52.1 Å². The zero-order chi connectivity index (χ0) is 12.3. The van der Waals surface area contributed by atoms with E-state index in [-0.39, 0.29) is 0 Å². The van der Waals surface area contributed by atoms with Crippen LogP contribution < -0.4 is 5.32 Å². The van der Waals surface area contributed by atoms with E-state index >= 15 is 0 Å². The smallest absolute Gasteiger partial charge is 0.0409 e. The number of hydrogen-bond donors (Lipinski definition) is 1. The van der Waals surface area contributed by atoms with Crippen LogP contribution in [0.2, 0.25) is 5.02 Å². The van der Waals surface area contributed by atoms with Crippen LogP contribution in [0.4, 0.5) is 0 Å². The van der Waals surface area contributed by atoms with Crippen LogP contribution in [0.25, 0.3) is 0 Å². The predicted octanol–water partition coefficient (Wildman–Crippen LogP) is 4.40. The quantitative estimate of drug-likeness (QED) is 0.840.